The van der Waals surface area contributed by atoms with E-state index in [9.17, 15) is 9.70 Å². The van der Waals surface area contributed by atoms with Crippen molar-refractivity contribution in [3.05, 3.63) is 57.2 Å². The molecule has 1 atom stereocenters. The van der Waals surface area contributed by atoms with Crippen molar-refractivity contribution in [3.63, 3.8) is 0 Å². The Morgan fingerprint density at radius 1 is 1.50 bits per heavy atom. The fourth-order valence-electron chi connectivity index (χ4n) is 1.54. The third kappa shape index (κ3) is 3.29. The van der Waals surface area contributed by atoms with E-state index in [1.54, 1.807) is 18.4 Å². The van der Waals surface area contributed by atoms with Gasteiger partial charge in [0.25, 0.3) is 0 Å². The van der Waals surface area contributed by atoms with Crippen LogP contribution >= 0.6 is 27.7 Å². The molecule has 20 heavy (non-hydrogen) atoms. The van der Waals surface area contributed by atoms with Gasteiger partial charge in [-0.15, -0.1) is 4.91 Å². The normalized spacial score (nSPS) is 14.2. The molecular formula is C13H10BrN3O2S. The predicted molar refractivity (Wildman–Crippen MR) is 80.8 cm³/mol. The lowest BCUT2D eigenvalue weighted by Gasteiger charge is -2.08. The van der Waals surface area contributed by atoms with Crippen molar-refractivity contribution in [2.45, 2.75) is 11.2 Å². The second kappa shape index (κ2) is 6.71. The Labute approximate surface area is 129 Å². The first-order chi connectivity index (χ1) is 10.0. The van der Waals surface area contributed by atoms with E-state index in [0.29, 0.717) is 9.63 Å². The number of hydrogen-bond acceptors (Lipinski definition) is 6. The summed E-state index contributed by atoms with van der Waals surface area (Å²) in [6, 6.07) is 5.48. The number of ketones is 1. The third-order valence-electron chi connectivity index (χ3n) is 2.45. The zero-order valence-corrected chi connectivity index (χ0v) is 12.8. The van der Waals surface area contributed by atoms with Crippen LogP contribution in [0.15, 0.2) is 51.3 Å². The molecule has 0 saturated carbocycles. The Morgan fingerprint density at radius 2 is 2.30 bits per heavy atom. The van der Waals surface area contributed by atoms with E-state index >= 15 is 0 Å². The van der Waals surface area contributed by atoms with Gasteiger partial charge in [-0.05, 0) is 24.5 Å². The Hall–Kier alpha value is -1.60. The van der Waals surface area contributed by atoms with Crippen LogP contribution in [0, 0.1) is 4.91 Å². The Kier molecular flexibility index (Phi) is 4.49. The zero-order valence-electron chi connectivity index (χ0n) is 11.4. The van der Waals surface area contributed by atoms with E-state index in [4.69, 9.17) is 1.37 Å². The highest BCUT2D eigenvalue weighted by molar-refractivity contribution is 9.10. The minimum Gasteiger partial charge on any atom is -0.291 e. The van der Waals surface area contributed by atoms with Crippen LogP contribution in [-0.4, -0.2) is 22.0 Å². The summed E-state index contributed by atoms with van der Waals surface area (Å²) in [4.78, 5) is 31.7. The highest BCUT2D eigenvalue weighted by Gasteiger charge is 2.25. The largest absolute Gasteiger partial charge is 0.291 e. The number of carbonyl (C=O) groups excluding carboxylic acids is 1. The molecule has 1 aromatic heterocycles. The molecule has 0 N–H and O–H groups in total. The van der Waals surface area contributed by atoms with Gasteiger partial charge >= 0.3 is 0 Å². The van der Waals surface area contributed by atoms with Crippen LogP contribution in [0.25, 0.3) is 0 Å². The molecule has 0 fully saturated rings. The first-order valence-electron chi connectivity index (χ1n) is 6.03. The smallest absolute Gasteiger partial charge is 0.197 e. The summed E-state index contributed by atoms with van der Waals surface area (Å²) in [6.07, 6.45) is 3.16. The molecule has 0 aliphatic carbocycles. The highest BCUT2D eigenvalue weighted by Crippen LogP contribution is 2.23. The molecule has 5 nitrogen and oxygen atoms in total. The van der Waals surface area contributed by atoms with Crippen molar-refractivity contribution in [1.82, 2.24) is 9.97 Å². The minimum absolute atomic E-state index is 0.0400. The van der Waals surface area contributed by atoms with Crippen LogP contribution < -0.4 is 0 Å². The van der Waals surface area contributed by atoms with E-state index in [1.807, 2.05) is 0 Å². The van der Waals surface area contributed by atoms with Gasteiger partial charge in [-0.1, -0.05) is 45.0 Å². The van der Waals surface area contributed by atoms with Crippen molar-refractivity contribution in [2.24, 2.45) is 5.18 Å². The molecule has 2 rings (SSSR count). The molecule has 0 amide bonds. The molecule has 0 aliphatic rings. The molecule has 0 radical (unpaired) electrons. The lowest BCUT2D eigenvalue weighted by atomic mass is 10.0. The monoisotopic (exact) mass is 352 g/mol. The molecular weight excluding hydrogens is 342 g/mol. The lowest BCUT2D eigenvalue weighted by molar-refractivity contribution is 0.0960. The predicted octanol–water partition coefficient (Wildman–Crippen LogP) is 3.65. The molecule has 1 aromatic carbocycles. The maximum Gasteiger partial charge on any atom is 0.197 e. The average molecular weight is 353 g/mol. The van der Waals surface area contributed by atoms with Crippen LogP contribution in [-0.2, 0) is 0 Å². The summed E-state index contributed by atoms with van der Waals surface area (Å²) in [7, 11) is 0. The second-order valence-corrected chi connectivity index (χ2v) is 5.40. The summed E-state index contributed by atoms with van der Waals surface area (Å²) < 4.78 is 8.83. The van der Waals surface area contributed by atoms with Gasteiger partial charge in [-0.25, -0.2) is 9.97 Å². The van der Waals surface area contributed by atoms with Gasteiger partial charge in [-0.3, -0.25) is 4.79 Å². The molecule has 2 aromatic rings. The number of benzene rings is 1. The van der Waals surface area contributed by atoms with Crippen molar-refractivity contribution >= 4 is 33.5 Å². The van der Waals surface area contributed by atoms with Gasteiger partial charge in [0.15, 0.2) is 17.0 Å². The number of thioether (sulfide) groups is 1. The fourth-order valence-corrected chi connectivity index (χ4v) is 2.30. The second-order valence-electron chi connectivity index (χ2n) is 3.71. The van der Waals surface area contributed by atoms with Crippen molar-refractivity contribution < 1.29 is 6.17 Å². The summed E-state index contributed by atoms with van der Waals surface area (Å²) in [5, 5.41) is 3.09. The summed E-state index contributed by atoms with van der Waals surface area (Å²) >= 11 is 4.50. The quantitative estimate of drug-likeness (QED) is 0.355. The van der Waals surface area contributed by atoms with E-state index in [0.717, 1.165) is 0 Å². The van der Waals surface area contributed by atoms with Gasteiger partial charge in [-0.2, -0.15) is 0 Å². The van der Waals surface area contributed by atoms with Gasteiger partial charge < -0.3 is 0 Å². The van der Waals surface area contributed by atoms with Crippen molar-refractivity contribution in [3.8, 4) is 0 Å². The fraction of sp³-hybridized carbons (Fsp3) is 0.154. The molecule has 0 aliphatic heterocycles. The zero-order chi connectivity index (χ0) is 15.5. The van der Waals surface area contributed by atoms with Crippen LogP contribution in [0.1, 0.15) is 23.4 Å². The van der Waals surface area contributed by atoms with E-state index < -0.39 is 11.8 Å². The molecule has 1 unspecified atom stereocenters. The van der Waals surface area contributed by atoms with Crippen LogP contribution in [0.5, 0.6) is 0 Å². The van der Waals surface area contributed by atoms with Crippen molar-refractivity contribution in [2.75, 3.05) is 6.26 Å². The van der Waals surface area contributed by atoms with Crippen LogP contribution in [0.2, 0.25) is 0 Å². The van der Waals surface area contributed by atoms with Crippen LogP contribution in [0.4, 0.5) is 0 Å². The Bertz CT molecular complexity index is 701. The number of Topliss-reactive ketones (excluding diaryl/α,β-unsaturated/α-hetero) is 1. The number of carbonyl (C=O) groups is 1. The minimum atomic E-state index is -2.33. The average Bonchev–Trinajstić information content (AvgIpc) is 2.53. The number of aromatic nitrogens is 2. The molecule has 102 valence electrons. The van der Waals surface area contributed by atoms with Gasteiger partial charge in [0.2, 0.25) is 0 Å². The van der Waals surface area contributed by atoms with E-state index in [2.05, 4.69) is 31.1 Å². The number of rotatable bonds is 5. The standard InChI is InChI=1S/C13H10BrN3O2S/c1-20-13-15-6-5-10(16-13)11(17-19)12(18)8-3-2-4-9(14)7-8/h2-7,11H,1H3/i11D. The van der Waals surface area contributed by atoms with Crippen molar-refractivity contribution in [1.29, 1.82) is 0 Å². The van der Waals surface area contributed by atoms with Gasteiger partial charge in [0.05, 0.1) is 7.06 Å². The molecule has 0 spiro atoms. The summed E-state index contributed by atoms with van der Waals surface area (Å²) in [5.41, 5.74) is 0.171. The summed E-state index contributed by atoms with van der Waals surface area (Å²) in [5.74, 6) is -0.732. The number of nitroso groups, excluding NO2 is 1. The lowest BCUT2D eigenvalue weighted by Crippen LogP contribution is -2.12. The molecule has 7 heteroatoms. The maximum absolute atomic E-state index is 12.5. The van der Waals surface area contributed by atoms with E-state index in [-0.39, 0.29) is 11.3 Å². The SMILES string of the molecule is [2H]C(N=O)(C(=O)c1cccc(Br)c1)c1ccnc(SC)n1. The Morgan fingerprint density at radius 3 is 2.95 bits per heavy atom. The Balaban J connectivity index is 2.49. The number of nitrogens with zero attached hydrogens (tertiary/aromatic N) is 3. The number of hydrogen-bond donors (Lipinski definition) is 0. The van der Waals surface area contributed by atoms with Gasteiger partial charge in [0, 0.05) is 16.2 Å². The molecule has 0 bridgehead atoms. The first kappa shape index (κ1) is 13.4. The third-order valence-corrected chi connectivity index (χ3v) is 3.51. The van der Waals surface area contributed by atoms with E-state index in [1.165, 1.54) is 36.2 Å². The topological polar surface area (TPSA) is 72.3 Å². The molecule has 1 heterocycles. The van der Waals surface area contributed by atoms with Gasteiger partial charge in [0.1, 0.15) is 0 Å². The number of halogens is 1. The highest BCUT2D eigenvalue weighted by atomic mass is 79.9. The molecule has 0 saturated heterocycles. The first-order valence-corrected chi connectivity index (χ1v) is 7.55. The maximum atomic E-state index is 12.5. The van der Waals surface area contributed by atoms with Crippen LogP contribution in [0.3, 0.4) is 0 Å². The summed E-state index contributed by atoms with van der Waals surface area (Å²) in [6.45, 7) is 0.